The lowest BCUT2D eigenvalue weighted by Crippen LogP contribution is -2.31. The summed E-state index contributed by atoms with van der Waals surface area (Å²) in [5, 5.41) is 9.50. The van der Waals surface area contributed by atoms with E-state index in [-0.39, 0.29) is 36.8 Å². The van der Waals surface area contributed by atoms with E-state index < -0.39 is 0 Å². The summed E-state index contributed by atoms with van der Waals surface area (Å²) in [6.45, 7) is 3.29. The van der Waals surface area contributed by atoms with Crippen LogP contribution >= 0.6 is 0 Å². The van der Waals surface area contributed by atoms with Crippen molar-refractivity contribution in [2.45, 2.75) is 25.9 Å². The molecule has 0 aliphatic carbocycles. The number of nitrogens with zero attached hydrogens (tertiary/aromatic N) is 1. The molecule has 20 heavy (non-hydrogen) atoms. The number of aliphatic hydroxyl groups excluding tert-OH is 1. The van der Waals surface area contributed by atoms with Gasteiger partial charge in [0.25, 0.3) is 0 Å². The Morgan fingerprint density at radius 3 is 3.05 bits per heavy atom. The van der Waals surface area contributed by atoms with E-state index in [4.69, 9.17) is 4.74 Å². The molecule has 5 heteroatoms. The van der Waals surface area contributed by atoms with Gasteiger partial charge in [-0.2, -0.15) is 0 Å². The predicted octanol–water partition coefficient (Wildman–Crippen LogP) is 1.82. The Bertz CT molecular complexity index is 464. The summed E-state index contributed by atoms with van der Waals surface area (Å²) >= 11 is 0. The number of amides is 1. The maximum Gasteiger partial charge on any atom is 0.226 e. The van der Waals surface area contributed by atoms with Crippen molar-refractivity contribution in [3.8, 4) is 5.75 Å². The number of benzene rings is 1. The highest BCUT2D eigenvalue weighted by molar-refractivity contribution is 5.76. The van der Waals surface area contributed by atoms with E-state index in [9.17, 15) is 14.3 Å². The van der Waals surface area contributed by atoms with Crippen LogP contribution in [-0.2, 0) is 4.79 Å². The molecule has 2 rings (SSSR count). The molecule has 1 aliphatic heterocycles. The number of carbonyl (C=O) groups excluding carboxylic acids is 1. The third kappa shape index (κ3) is 3.93. The minimum absolute atomic E-state index is 0.0181. The van der Waals surface area contributed by atoms with Crippen molar-refractivity contribution in [2.75, 3.05) is 19.7 Å². The zero-order valence-corrected chi connectivity index (χ0v) is 11.6. The second-order valence-corrected chi connectivity index (χ2v) is 5.18. The highest BCUT2D eigenvalue weighted by atomic mass is 19.1. The first-order valence-corrected chi connectivity index (χ1v) is 6.90. The van der Waals surface area contributed by atoms with Gasteiger partial charge in [0, 0.05) is 25.1 Å². The van der Waals surface area contributed by atoms with Gasteiger partial charge in [0.05, 0.1) is 19.1 Å². The van der Waals surface area contributed by atoms with Gasteiger partial charge < -0.3 is 14.7 Å². The van der Waals surface area contributed by atoms with Crippen LogP contribution < -0.4 is 4.74 Å². The topological polar surface area (TPSA) is 49.8 Å². The molecular weight excluding hydrogens is 261 g/mol. The van der Waals surface area contributed by atoms with Crippen molar-refractivity contribution in [1.82, 2.24) is 4.90 Å². The predicted molar refractivity (Wildman–Crippen MR) is 72.9 cm³/mol. The Morgan fingerprint density at radius 2 is 2.40 bits per heavy atom. The first-order chi connectivity index (χ1) is 9.56. The van der Waals surface area contributed by atoms with Crippen molar-refractivity contribution in [2.24, 2.45) is 5.92 Å². The van der Waals surface area contributed by atoms with Gasteiger partial charge in [0.2, 0.25) is 5.91 Å². The highest BCUT2D eigenvalue weighted by Crippen LogP contribution is 2.20. The molecule has 0 spiro atoms. The van der Waals surface area contributed by atoms with Crippen LogP contribution in [0.3, 0.4) is 0 Å². The monoisotopic (exact) mass is 281 g/mol. The van der Waals surface area contributed by atoms with Gasteiger partial charge in [-0.15, -0.1) is 0 Å². The fraction of sp³-hybridized carbons (Fsp3) is 0.533. The molecule has 1 aromatic carbocycles. The zero-order chi connectivity index (χ0) is 14.5. The first-order valence-electron chi connectivity index (χ1n) is 6.90. The van der Waals surface area contributed by atoms with Gasteiger partial charge in [-0.05, 0) is 25.5 Å². The number of hydrogen-bond acceptors (Lipinski definition) is 3. The van der Waals surface area contributed by atoms with Gasteiger partial charge in [0.1, 0.15) is 11.6 Å². The Hall–Kier alpha value is -1.62. The molecule has 1 aliphatic rings. The molecule has 2 atom stereocenters. The quantitative estimate of drug-likeness (QED) is 0.895. The number of likely N-dealkylation sites (tertiary alicyclic amines) is 1. The summed E-state index contributed by atoms with van der Waals surface area (Å²) in [4.78, 5) is 13.7. The van der Waals surface area contributed by atoms with Gasteiger partial charge >= 0.3 is 0 Å². The molecule has 1 amide bonds. The molecule has 1 saturated heterocycles. The van der Waals surface area contributed by atoms with E-state index in [2.05, 4.69) is 0 Å². The van der Waals surface area contributed by atoms with Crippen molar-refractivity contribution in [1.29, 1.82) is 0 Å². The second-order valence-electron chi connectivity index (χ2n) is 5.18. The second kappa shape index (κ2) is 6.70. The molecule has 110 valence electrons. The van der Waals surface area contributed by atoms with Gasteiger partial charge in [0.15, 0.2) is 0 Å². The number of halogens is 1. The summed E-state index contributed by atoms with van der Waals surface area (Å²) in [5.74, 6) is 0.266. The van der Waals surface area contributed by atoms with Crippen LogP contribution in [0.5, 0.6) is 5.75 Å². The summed E-state index contributed by atoms with van der Waals surface area (Å²) < 4.78 is 18.3. The Labute approximate surface area is 118 Å². The molecule has 1 heterocycles. The van der Waals surface area contributed by atoms with Crippen molar-refractivity contribution >= 4 is 5.91 Å². The van der Waals surface area contributed by atoms with E-state index >= 15 is 0 Å². The number of carbonyl (C=O) groups is 1. The third-order valence-electron chi connectivity index (χ3n) is 3.64. The van der Waals surface area contributed by atoms with E-state index in [1.54, 1.807) is 24.0 Å². The highest BCUT2D eigenvalue weighted by Gasteiger charge is 2.28. The Kier molecular flexibility index (Phi) is 4.95. The van der Waals surface area contributed by atoms with Gasteiger partial charge in [-0.25, -0.2) is 4.39 Å². The summed E-state index contributed by atoms with van der Waals surface area (Å²) in [6.07, 6.45) is 0.730. The molecule has 4 nitrogen and oxygen atoms in total. The minimum Gasteiger partial charge on any atom is -0.493 e. The molecule has 2 unspecified atom stereocenters. The molecule has 1 fully saturated rings. The zero-order valence-electron chi connectivity index (χ0n) is 11.6. The SMILES string of the molecule is CC(O)C1CCN(C(=O)CCOc2cccc(F)c2)C1. The Morgan fingerprint density at radius 1 is 1.60 bits per heavy atom. The molecule has 0 aromatic heterocycles. The van der Waals surface area contributed by atoms with Crippen LogP contribution in [-0.4, -0.2) is 41.7 Å². The van der Waals surface area contributed by atoms with Crippen LogP contribution in [0.4, 0.5) is 4.39 Å². The van der Waals surface area contributed by atoms with Crippen LogP contribution in [0.15, 0.2) is 24.3 Å². The molecular formula is C15H20FNO3. The minimum atomic E-state index is -0.378. The number of hydrogen-bond donors (Lipinski definition) is 1. The van der Waals surface area contributed by atoms with E-state index in [0.717, 1.165) is 6.42 Å². The lowest BCUT2D eigenvalue weighted by atomic mass is 10.0. The standard InChI is InChI=1S/C15H20FNO3/c1-11(18)12-5-7-17(10-12)15(19)6-8-20-14-4-2-3-13(16)9-14/h2-4,9,11-12,18H,5-8,10H2,1H3. The summed E-state index contributed by atoms with van der Waals surface area (Å²) in [6, 6.07) is 5.87. The average Bonchev–Trinajstić information content (AvgIpc) is 2.88. The van der Waals surface area contributed by atoms with Crippen LogP contribution in [0, 0.1) is 11.7 Å². The average molecular weight is 281 g/mol. The molecule has 1 aromatic rings. The van der Waals surface area contributed by atoms with Crippen molar-refractivity contribution < 1.29 is 19.0 Å². The lowest BCUT2D eigenvalue weighted by Gasteiger charge is -2.17. The van der Waals surface area contributed by atoms with Crippen LogP contribution in [0.1, 0.15) is 19.8 Å². The summed E-state index contributed by atoms with van der Waals surface area (Å²) in [7, 11) is 0. The smallest absolute Gasteiger partial charge is 0.226 e. The maximum absolute atomic E-state index is 12.9. The molecule has 0 saturated carbocycles. The molecule has 0 bridgehead atoms. The number of ether oxygens (including phenoxy) is 1. The van der Waals surface area contributed by atoms with Crippen molar-refractivity contribution in [3.05, 3.63) is 30.1 Å². The van der Waals surface area contributed by atoms with Gasteiger partial charge in [-0.1, -0.05) is 6.07 Å². The van der Waals surface area contributed by atoms with Crippen LogP contribution in [0.2, 0.25) is 0 Å². The fourth-order valence-electron chi connectivity index (χ4n) is 2.38. The number of rotatable bonds is 5. The number of aliphatic hydroxyl groups is 1. The van der Waals surface area contributed by atoms with Gasteiger partial charge in [-0.3, -0.25) is 4.79 Å². The normalized spacial score (nSPS) is 19.9. The van der Waals surface area contributed by atoms with Crippen LogP contribution in [0.25, 0.3) is 0 Å². The largest absolute Gasteiger partial charge is 0.493 e. The molecule has 1 N–H and O–H groups in total. The molecule has 0 radical (unpaired) electrons. The Balaban J connectivity index is 1.73. The maximum atomic E-state index is 12.9. The first kappa shape index (κ1) is 14.8. The van der Waals surface area contributed by atoms with E-state index in [1.165, 1.54) is 12.1 Å². The fourth-order valence-corrected chi connectivity index (χ4v) is 2.38. The van der Waals surface area contributed by atoms with Crippen molar-refractivity contribution in [3.63, 3.8) is 0 Å². The summed E-state index contributed by atoms with van der Waals surface area (Å²) in [5.41, 5.74) is 0. The van der Waals surface area contributed by atoms with E-state index in [0.29, 0.717) is 18.8 Å². The lowest BCUT2D eigenvalue weighted by molar-refractivity contribution is -0.130. The van der Waals surface area contributed by atoms with E-state index in [1.807, 2.05) is 0 Å². The third-order valence-corrected chi connectivity index (χ3v) is 3.64.